The van der Waals surface area contributed by atoms with E-state index in [4.69, 9.17) is 17.0 Å². The number of hydrogen-bond donors (Lipinski definition) is 0. The van der Waals surface area contributed by atoms with Crippen LogP contribution in [-0.4, -0.2) is 28.8 Å². The summed E-state index contributed by atoms with van der Waals surface area (Å²) in [4.78, 5) is 0. The van der Waals surface area contributed by atoms with E-state index in [2.05, 4.69) is 0 Å². The zero-order valence-corrected chi connectivity index (χ0v) is 11.3. The van der Waals surface area contributed by atoms with Crippen molar-refractivity contribution < 1.29 is 9.30 Å². The van der Waals surface area contributed by atoms with Crippen LogP contribution in [-0.2, 0) is 9.30 Å². The van der Waals surface area contributed by atoms with Gasteiger partial charge in [0.2, 0.25) is 4.38 Å². The second-order valence-corrected chi connectivity index (χ2v) is 9.34. The number of thioether (sulfide) groups is 1. The lowest BCUT2D eigenvalue weighted by molar-refractivity contribution is 0.296. The van der Waals surface area contributed by atoms with Gasteiger partial charge in [-0.25, -0.2) is 0 Å². The van der Waals surface area contributed by atoms with Crippen molar-refractivity contribution >= 4 is 35.5 Å². The SMILES string of the molecule is CC(C)SC(=S)OC(C)P(C)(C)=O. The number of hydrogen-bond acceptors (Lipinski definition) is 4. The van der Waals surface area contributed by atoms with E-state index in [0.29, 0.717) is 9.63 Å². The van der Waals surface area contributed by atoms with E-state index < -0.39 is 7.14 Å². The van der Waals surface area contributed by atoms with Gasteiger partial charge < -0.3 is 9.30 Å². The monoisotopic (exact) mass is 240 g/mol. The van der Waals surface area contributed by atoms with Crippen molar-refractivity contribution in [1.82, 2.24) is 0 Å². The third kappa shape index (κ3) is 6.53. The van der Waals surface area contributed by atoms with Gasteiger partial charge >= 0.3 is 0 Å². The predicted octanol–water partition coefficient (Wildman–Crippen LogP) is 3.40. The van der Waals surface area contributed by atoms with Crippen LogP contribution in [0.2, 0.25) is 0 Å². The minimum absolute atomic E-state index is 0.272. The molecule has 0 aliphatic carbocycles. The van der Waals surface area contributed by atoms with E-state index in [0.717, 1.165) is 0 Å². The molecule has 0 bridgehead atoms. The topological polar surface area (TPSA) is 26.3 Å². The highest BCUT2D eigenvalue weighted by atomic mass is 32.2. The summed E-state index contributed by atoms with van der Waals surface area (Å²) in [5, 5.41) is 0.410. The molecule has 0 aliphatic rings. The van der Waals surface area contributed by atoms with Gasteiger partial charge in [-0.15, -0.1) is 0 Å². The quantitative estimate of drug-likeness (QED) is 0.558. The van der Waals surface area contributed by atoms with E-state index in [-0.39, 0.29) is 5.85 Å². The van der Waals surface area contributed by atoms with E-state index in [1.807, 2.05) is 13.8 Å². The number of ether oxygens (including phenoxy) is 1. The first kappa shape index (κ1) is 13.5. The first-order valence-electron chi connectivity index (χ1n) is 4.15. The van der Waals surface area contributed by atoms with Crippen molar-refractivity contribution in [2.75, 3.05) is 13.3 Å². The van der Waals surface area contributed by atoms with Crippen LogP contribution in [0, 0.1) is 0 Å². The van der Waals surface area contributed by atoms with E-state index in [9.17, 15) is 4.57 Å². The van der Waals surface area contributed by atoms with Crippen molar-refractivity contribution in [1.29, 1.82) is 0 Å². The lowest BCUT2D eigenvalue weighted by Gasteiger charge is -2.19. The van der Waals surface area contributed by atoms with Gasteiger partial charge in [-0.1, -0.05) is 25.6 Å². The molecule has 1 unspecified atom stereocenters. The van der Waals surface area contributed by atoms with Gasteiger partial charge in [0.15, 0.2) is 0 Å². The maximum absolute atomic E-state index is 11.5. The largest absolute Gasteiger partial charge is 0.468 e. The molecule has 13 heavy (non-hydrogen) atoms. The Morgan fingerprint density at radius 1 is 1.38 bits per heavy atom. The van der Waals surface area contributed by atoms with Crippen LogP contribution < -0.4 is 0 Å². The smallest absolute Gasteiger partial charge is 0.220 e. The summed E-state index contributed by atoms with van der Waals surface area (Å²) in [5.74, 6) is -0.272. The Morgan fingerprint density at radius 2 is 1.85 bits per heavy atom. The normalized spacial score (nSPS) is 14.3. The number of thiocarbonyl (C=S) groups is 1. The minimum Gasteiger partial charge on any atom is -0.468 e. The van der Waals surface area contributed by atoms with Crippen LogP contribution in [0.3, 0.4) is 0 Å². The molecule has 0 spiro atoms. The van der Waals surface area contributed by atoms with E-state index in [1.54, 1.807) is 20.3 Å². The molecular weight excluding hydrogens is 223 g/mol. The second-order valence-electron chi connectivity index (χ2n) is 3.57. The molecule has 0 saturated carbocycles. The van der Waals surface area contributed by atoms with Gasteiger partial charge in [-0.2, -0.15) is 0 Å². The molecule has 0 N–H and O–H groups in total. The molecule has 0 fully saturated rings. The molecule has 0 amide bonds. The zero-order valence-electron chi connectivity index (χ0n) is 8.73. The Bertz CT molecular complexity index is 222. The Morgan fingerprint density at radius 3 is 2.15 bits per heavy atom. The van der Waals surface area contributed by atoms with Gasteiger partial charge in [-0.3, -0.25) is 0 Å². The van der Waals surface area contributed by atoms with E-state index >= 15 is 0 Å². The molecular formula is C8H17O2PS2. The predicted molar refractivity (Wildman–Crippen MR) is 65.3 cm³/mol. The molecule has 0 aromatic rings. The molecule has 0 aromatic carbocycles. The van der Waals surface area contributed by atoms with Crippen LogP contribution in [0.4, 0.5) is 0 Å². The number of rotatable bonds is 3. The summed E-state index contributed by atoms with van der Waals surface area (Å²) in [6, 6.07) is 0. The molecule has 78 valence electrons. The van der Waals surface area contributed by atoms with Crippen LogP contribution in [0.25, 0.3) is 0 Å². The summed E-state index contributed by atoms with van der Waals surface area (Å²) < 4.78 is 17.4. The second kappa shape index (κ2) is 5.38. The molecule has 2 nitrogen and oxygen atoms in total. The van der Waals surface area contributed by atoms with E-state index in [1.165, 1.54) is 11.8 Å². The third-order valence-corrected chi connectivity index (χ3v) is 4.48. The Labute approximate surface area is 90.2 Å². The Balaban J connectivity index is 4.00. The average Bonchev–Trinajstić information content (AvgIpc) is 1.82. The van der Waals surface area contributed by atoms with Crippen molar-refractivity contribution in [3.8, 4) is 0 Å². The van der Waals surface area contributed by atoms with Crippen molar-refractivity contribution in [3.05, 3.63) is 0 Å². The maximum Gasteiger partial charge on any atom is 0.220 e. The molecule has 1 atom stereocenters. The summed E-state index contributed by atoms with van der Waals surface area (Å²) in [6.07, 6.45) is 0. The summed E-state index contributed by atoms with van der Waals surface area (Å²) in [5.41, 5.74) is 0. The summed E-state index contributed by atoms with van der Waals surface area (Å²) >= 11 is 6.48. The van der Waals surface area contributed by atoms with Gasteiger partial charge in [0.1, 0.15) is 13.0 Å². The first-order chi connectivity index (χ1) is 5.73. The van der Waals surface area contributed by atoms with Gasteiger partial charge in [0, 0.05) is 5.25 Å². The Kier molecular flexibility index (Phi) is 5.57. The summed E-state index contributed by atoms with van der Waals surface area (Å²) in [7, 11) is -2.18. The molecule has 0 radical (unpaired) electrons. The highest BCUT2D eigenvalue weighted by Gasteiger charge is 2.20. The van der Waals surface area contributed by atoms with Crippen molar-refractivity contribution in [3.63, 3.8) is 0 Å². The van der Waals surface area contributed by atoms with Crippen molar-refractivity contribution in [2.24, 2.45) is 0 Å². The van der Waals surface area contributed by atoms with Crippen LogP contribution >= 0.6 is 31.1 Å². The van der Waals surface area contributed by atoms with Gasteiger partial charge in [-0.05, 0) is 32.5 Å². The fourth-order valence-corrected chi connectivity index (χ4v) is 2.29. The van der Waals surface area contributed by atoms with Gasteiger partial charge in [0.05, 0.1) is 0 Å². The minimum atomic E-state index is -2.18. The molecule has 0 saturated heterocycles. The molecule has 5 heteroatoms. The fourth-order valence-electron chi connectivity index (χ4n) is 0.486. The first-order valence-corrected chi connectivity index (χ1v) is 8.11. The van der Waals surface area contributed by atoms with Crippen molar-refractivity contribution in [2.45, 2.75) is 31.9 Å². The lowest BCUT2D eigenvalue weighted by Crippen LogP contribution is -2.12. The lowest BCUT2D eigenvalue weighted by atomic mass is 10.6. The summed E-state index contributed by atoms with van der Waals surface area (Å²) in [6.45, 7) is 9.31. The average molecular weight is 240 g/mol. The molecule has 0 rings (SSSR count). The maximum atomic E-state index is 11.5. The van der Waals surface area contributed by atoms with Crippen LogP contribution in [0.1, 0.15) is 20.8 Å². The highest BCUT2D eigenvalue weighted by Crippen LogP contribution is 2.43. The van der Waals surface area contributed by atoms with Crippen LogP contribution in [0.15, 0.2) is 0 Å². The fraction of sp³-hybridized carbons (Fsp3) is 0.875. The zero-order chi connectivity index (χ0) is 10.6. The Hall–Kier alpha value is 0.470. The molecule has 0 aromatic heterocycles. The third-order valence-electron chi connectivity index (χ3n) is 1.47. The molecule has 0 aliphatic heterocycles. The highest BCUT2D eigenvalue weighted by molar-refractivity contribution is 8.23. The standard InChI is InChI=1S/C8H17O2PS2/c1-6(2)13-8(12)10-7(3)11(4,5)9/h6-7H,1-5H3. The van der Waals surface area contributed by atoms with Gasteiger partial charge in [0.25, 0.3) is 0 Å². The van der Waals surface area contributed by atoms with Crippen LogP contribution in [0.5, 0.6) is 0 Å². The molecule has 0 heterocycles.